The first-order chi connectivity index (χ1) is 18.9. The maximum atomic E-state index is 2.46. The van der Waals surface area contributed by atoms with E-state index in [1.807, 2.05) is 0 Å². The number of hydrogen-bond acceptors (Lipinski definition) is 0. The highest BCUT2D eigenvalue weighted by molar-refractivity contribution is 6.12. The molecule has 5 aromatic carbocycles. The molecule has 0 saturated heterocycles. The smallest absolute Gasteiger partial charge is 0.0137 e. The van der Waals surface area contributed by atoms with E-state index < -0.39 is 0 Å². The third kappa shape index (κ3) is 3.23. The van der Waals surface area contributed by atoms with Crippen molar-refractivity contribution in [2.45, 2.75) is 12.8 Å². The van der Waals surface area contributed by atoms with Crippen molar-refractivity contribution in [2.75, 3.05) is 0 Å². The van der Waals surface area contributed by atoms with Crippen LogP contribution in [0.25, 0.3) is 38.8 Å². The Morgan fingerprint density at radius 3 is 2.00 bits per heavy atom. The lowest BCUT2D eigenvalue weighted by molar-refractivity contribution is 0.680. The third-order valence-electron chi connectivity index (χ3n) is 8.76. The average molecular weight is 485 g/mol. The molecule has 38 heavy (non-hydrogen) atoms. The lowest BCUT2D eigenvalue weighted by Crippen LogP contribution is -2.40. The fraction of sp³-hybridized carbons (Fsp3) is 0.105. The summed E-state index contributed by atoms with van der Waals surface area (Å²) in [5, 5.41) is 8.08. The molecule has 0 amide bonds. The standard InChI is InChI=1S/C38H28/c1-2-12-26-23-28(22-21-25(26)11-1)37-32-17-7-9-19-34(32)38(35-20-10-8-18-33(35)37)36-24-27-13-3-4-14-29(27)30-15-5-6-16-31(30)36/h1-20,23-24,32,34H,21-22H2. The van der Waals surface area contributed by atoms with Crippen LogP contribution in [0.4, 0.5) is 0 Å². The molecule has 0 radical (unpaired) electrons. The molecule has 0 fully saturated rings. The highest BCUT2D eigenvalue weighted by atomic mass is 14.4. The van der Waals surface area contributed by atoms with E-state index in [1.165, 1.54) is 65.4 Å². The molecule has 0 aromatic heterocycles. The van der Waals surface area contributed by atoms with Crippen molar-refractivity contribution in [3.05, 3.63) is 160 Å². The van der Waals surface area contributed by atoms with Gasteiger partial charge in [0.25, 0.3) is 0 Å². The predicted octanol–water partition coefficient (Wildman–Crippen LogP) is 7.74. The SMILES string of the molecule is C1=CC2C(C3=Cc4ccccc4CC3)=c3ccccc3=C(c3cc4ccccc4c4ccccc34)C2C=C1. The minimum atomic E-state index is 0.299. The number of allylic oxidation sites excluding steroid dienone is 5. The van der Waals surface area contributed by atoms with E-state index in [2.05, 4.69) is 134 Å². The lowest BCUT2D eigenvalue weighted by atomic mass is 9.68. The van der Waals surface area contributed by atoms with E-state index in [0.29, 0.717) is 11.8 Å². The number of hydrogen-bond donors (Lipinski definition) is 0. The highest BCUT2D eigenvalue weighted by Crippen LogP contribution is 2.44. The summed E-state index contributed by atoms with van der Waals surface area (Å²) >= 11 is 0. The van der Waals surface area contributed by atoms with Gasteiger partial charge < -0.3 is 0 Å². The number of rotatable bonds is 2. The zero-order chi connectivity index (χ0) is 25.1. The Hall–Kier alpha value is -4.42. The molecule has 2 unspecified atom stereocenters. The van der Waals surface area contributed by atoms with Crippen LogP contribution in [0.15, 0.2) is 133 Å². The molecule has 0 bridgehead atoms. The largest absolute Gasteiger partial charge is 0.0761 e. The van der Waals surface area contributed by atoms with Gasteiger partial charge >= 0.3 is 0 Å². The second-order valence-corrected chi connectivity index (χ2v) is 10.8. The zero-order valence-corrected chi connectivity index (χ0v) is 21.3. The van der Waals surface area contributed by atoms with E-state index >= 15 is 0 Å². The fourth-order valence-corrected chi connectivity index (χ4v) is 7.10. The van der Waals surface area contributed by atoms with Crippen molar-refractivity contribution in [2.24, 2.45) is 11.8 Å². The second kappa shape index (κ2) is 8.57. The normalized spacial score (nSPS) is 19.7. The first-order valence-corrected chi connectivity index (χ1v) is 13.7. The molecule has 180 valence electrons. The van der Waals surface area contributed by atoms with Gasteiger partial charge in [0.05, 0.1) is 0 Å². The molecule has 3 aliphatic carbocycles. The maximum absolute atomic E-state index is 2.46. The summed E-state index contributed by atoms with van der Waals surface area (Å²) in [6.45, 7) is 0. The maximum Gasteiger partial charge on any atom is 0.0137 e. The van der Waals surface area contributed by atoms with Crippen LogP contribution < -0.4 is 10.4 Å². The summed E-state index contributed by atoms with van der Waals surface area (Å²) < 4.78 is 0. The van der Waals surface area contributed by atoms with Gasteiger partial charge in [0.2, 0.25) is 0 Å². The molecule has 0 saturated carbocycles. The van der Waals surface area contributed by atoms with E-state index in [4.69, 9.17) is 0 Å². The molecule has 2 atom stereocenters. The molecule has 0 spiro atoms. The third-order valence-corrected chi connectivity index (χ3v) is 8.76. The molecule has 0 N–H and O–H groups in total. The van der Waals surface area contributed by atoms with E-state index in [9.17, 15) is 0 Å². The molecule has 0 heterocycles. The molecule has 0 nitrogen and oxygen atoms in total. The summed E-state index contributed by atoms with van der Waals surface area (Å²) in [7, 11) is 0. The van der Waals surface area contributed by atoms with Gasteiger partial charge in [-0.25, -0.2) is 0 Å². The average Bonchev–Trinajstić information content (AvgIpc) is 2.99. The zero-order valence-electron chi connectivity index (χ0n) is 21.3. The van der Waals surface area contributed by atoms with Crippen LogP contribution in [0, 0.1) is 11.8 Å². The molecule has 8 rings (SSSR count). The summed E-state index contributed by atoms with van der Waals surface area (Å²) in [6.07, 6.45) is 14.1. The van der Waals surface area contributed by atoms with Crippen molar-refractivity contribution in [1.29, 1.82) is 0 Å². The summed E-state index contributed by atoms with van der Waals surface area (Å²) in [4.78, 5) is 0. The number of benzene rings is 5. The predicted molar refractivity (Wildman–Crippen MR) is 161 cm³/mol. The number of aryl methyl sites for hydroxylation is 1. The van der Waals surface area contributed by atoms with Gasteiger partial charge in [-0.3, -0.25) is 0 Å². The Bertz CT molecular complexity index is 1980. The first kappa shape index (κ1) is 21.6. The fourth-order valence-electron chi connectivity index (χ4n) is 7.10. The van der Waals surface area contributed by atoms with Crippen LogP contribution in [0.1, 0.15) is 23.1 Å². The minimum Gasteiger partial charge on any atom is -0.0761 e. The molecule has 3 aliphatic rings. The van der Waals surface area contributed by atoms with E-state index in [-0.39, 0.29) is 0 Å². The van der Waals surface area contributed by atoms with Crippen molar-refractivity contribution in [1.82, 2.24) is 0 Å². The van der Waals surface area contributed by atoms with E-state index in [0.717, 1.165) is 12.8 Å². The Labute approximate surface area is 223 Å². The van der Waals surface area contributed by atoms with Crippen LogP contribution in [0.3, 0.4) is 0 Å². The van der Waals surface area contributed by atoms with Crippen LogP contribution >= 0.6 is 0 Å². The molecule has 0 heteroatoms. The number of fused-ring (bicyclic) bond motifs is 6. The first-order valence-electron chi connectivity index (χ1n) is 13.7. The Kier molecular flexibility index (Phi) is 4.88. The van der Waals surface area contributed by atoms with Crippen molar-refractivity contribution in [3.63, 3.8) is 0 Å². The molecular weight excluding hydrogens is 456 g/mol. The summed E-state index contributed by atoms with van der Waals surface area (Å²) in [5.41, 5.74) is 8.66. The van der Waals surface area contributed by atoms with Crippen molar-refractivity contribution < 1.29 is 0 Å². The topological polar surface area (TPSA) is 0 Å². The van der Waals surface area contributed by atoms with Gasteiger partial charge in [0.1, 0.15) is 0 Å². The monoisotopic (exact) mass is 484 g/mol. The van der Waals surface area contributed by atoms with Crippen LogP contribution in [0.2, 0.25) is 0 Å². The lowest BCUT2D eigenvalue weighted by Gasteiger charge is -2.35. The molecular formula is C38H28. The molecule has 0 aliphatic heterocycles. The van der Waals surface area contributed by atoms with Crippen LogP contribution in [0.5, 0.6) is 0 Å². The van der Waals surface area contributed by atoms with Crippen molar-refractivity contribution >= 4 is 38.8 Å². The Morgan fingerprint density at radius 2 is 1.16 bits per heavy atom. The van der Waals surface area contributed by atoms with Crippen molar-refractivity contribution in [3.8, 4) is 0 Å². The van der Waals surface area contributed by atoms with Gasteiger partial charge in [-0.2, -0.15) is 0 Å². The minimum absolute atomic E-state index is 0.299. The van der Waals surface area contributed by atoms with Crippen LogP contribution in [-0.2, 0) is 6.42 Å². The highest BCUT2D eigenvalue weighted by Gasteiger charge is 2.33. The Balaban J connectivity index is 1.50. The van der Waals surface area contributed by atoms with Gasteiger partial charge in [-0.15, -0.1) is 0 Å². The van der Waals surface area contributed by atoms with E-state index in [1.54, 1.807) is 0 Å². The van der Waals surface area contributed by atoms with Gasteiger partial charge in [-0.1, -0.05) is 127 Å². The van der Waals surface area contributed by atoms with Gasteiger partial charge in [0.15, 0.2) is 0 Å². The van der Waals surface area contributed by atoms with Gasteiger partial charge in [-0.05, 0) is 84.3 Å². The Morgan fingerprint density at radius 1 is 0.526 bits per heavy atom. The second-order valence-electron chi connectivity index (χ2n) is 10.8. The summed E-state index contributed by atoms with van der Waals surface area (Å²) in [6, 6.07) is 38.3. The molecule has 5 aromatic rings. The quantitative estimate of drug-likeness (QED) is 0.225. The summed E-state index contributed by atoms with van der Waals surface area (Å²) in [5.74, 6) is 0.624. The van der Waals surface area contributed by atoms with Gasteiger partial charge in [0, 0.05) is 11.8 Å². The van der Waals surface area contributed by atoms with Crippen LogP contribution in [-0.4, -0.2) is 0 Å².